The van der Waals surface area contributed by atoms with Gasteiger partial charge in [0.1, 0.15) is 5.75 Å². The van der Waals surface area contributed by atoms with E-state index in [0.717, 1.165) is 10.0 Å². The highest BCUT2D eigenvalue weighted by Crippen LogP contribution is 2.32. The monoisotopic (exact) mass is 456 g/mol. The molecule has 0 aliphatic heterocycles. The molecule has 0 bridgehead atoms. The van der Waals surface area contributed by atoms with Gasteiger partial charge in [-0.3, -0.25) is 10.1 Å². The van der Waals surface area contributed by atoms with Crippen LogP contribution in [0.5, 0.6) is 5.75 Å². The Balaban J connectivity index is 1.63. The number of carbonyl (C=O) groups is 1. The summed E-state index contributed by atoms with van der Waals surface area (Å²) in [5.74, 6) is 0.310. The number of amides is 1. The predicted molar refractivity (Wildman–Crippen MR) is 106 cm³/mol. The fraction of sp³-hybridized carbons (Fsp3) is 0.0588. The van der Waals surface area contributed by atoms with Gasteiger partial charge in [0.15, 0.2) is 11.7 Å². The lowest BCUT2D eigenvalue weighted by molar-refractivity contribution is -0.118. The molecule has 3 rings (SSSR count). The highest BCUT2D eigenvalue weighted by Gasteiger charge is 2.11. The van der Waals surface area contributed by atoms with Crippen molar-refractivity contribution in [1.82, 2.24) is 4.98 Å². The first-order valence-corrected chi connectivity index (χ1v) is 9.54. The molecule has 0 unspecified atom stereocenters. The second-order valence-corrected chi connectivity index (χ2v) is 7.49. The van der Waals surface area contributed by atoms with E-state index in [-0.39, 0.29) is 12.5 Å². The Bertz CT molecular complexity index is 917. The highest BCUT2D eigenvalue weighted by molar-refractivity contribution is 9.10. The van der Waals surface area contributed by atoms with Crippen LogP contribution in [0.2, 0.25) is 10.0 Å². The number of thiazole rings is 1. The minimum absolute atomic E-state index is 0.112. The van der Waals surface area contributed by atoms with Gasteiger partial charge < -0.3 is 4.74 Å². The summed E-state index contributed by atoms with van der Waals surface area (Å²) in [5.41, 5.74) is 1.43. The molecule has 1 amide bonds. The Morgan fingerprint density at radius 2 is 2.04 bits per heavy atom. The normalized spacial score (nSPS) is 10.5. The number of nitrogens with one attached hydrogen (secondary N) is 1. The minimum Gasteiger partial charge on any atom is -0.483 e. The van der Waals surface area contributed by atoms with Gasteiger partial charge in [0.25, 0.3) is 5.91 Å². The Morgan fingerprint density at radius 3 is 2.80 bits per heavy atom. The van der Waals surface area contributed by atoms with E-state index in [9.17, 15) is 4.79 Å². The maximum atomic E-state index is 12.0. The van der Waals surface area contributed by atoms with Crippen molar-refractivity contribution in [3.63, 3.8) is 0 Å². The molecule has 0 spiro atoms. The number of anilines is 1. The van der Waals surface area contributed by atoms with Gasteiger partial charge in [0, 0.05) is 16.0 Å². The van der Waals surface area contributed by atoms with Crippen molar-refractivity contribution in [2.24, 2.45) is 0 Å². The third-order valence-electron chi connectivity index (χ3n) is 3.15. The van der Waals surface area contributed by atoms with Gasteiger partial charge in [-0.15, -0.1) is 11.3 Å². The molecule has 0 aliphatic carbocycles. The largest absolute Gasteiger partial charge is 0.483 e. The molecule has 3 aromatic rings. The lowest BCUT2D eigenvalue weighted by Crippen LogP contribution is -2.20. The summed E-state index contributed by atoms with van der Waals surface area (Å²) >= 11 is 16.8. The minimum atomic E-state index is -0.293. The van der Waals surface area contributed by atoms with E-state index in [1.165, 1.54) is 11.3 Å². The lowest BCUT2D eigenvalue weighted by Gasteiger charge is -2.07. The number of aromatic nitrogens is 1. The number of halogens is 3. The quantitative estimate of drug-likeness (QED) is 0.519. The van der Waals surface area contributed by atoms with E-state index in [1.54, 1.807) is 24.3 Å². The number of ether oxygens (including phenoxy) is 1. The first-order valence-electron chi connectivity index (χ1n) is 7.11. The van der Waals surface area contributed by atoms with Crippen molar-refractivity contribution < 1.29 is 9.53 Å². The third-order valence-corrected chi connectivity index (χ3v) is 5.11. The Labute approximate surface area is 166 Å². The molecule has 2 aromatic carbocycles. The van der Waals surface area contributed by atoms with Gasteiger partial charge in [0.05, 0.1) is 15.2 Å². The SMILES string of the molecule is O=C(COc1ccccc1Br)Nc1nc(-c2ccc(Cl)cc2Cl)cs1. The fourth-order valence-electron chi connectivity index (χ4n) is 2.01. The second-order valence-electron chi connectivity index (χ2n) is 4.93. The predicted octanol–water partition coefficient (Wildman–Crippen LogP) is 5.90. The van der Waals surface area contributed by atoms with Gasteiger partial charge in [-0.1, -0.05) is 35.3 Å². The van der Waals surface area contributed by atoms with Crippen LogP contribution in [0.4, 0.5) is 5.13 Å². The van der Waals surface area contributed by atoms with Gasteiger partial charge in [-0.2, -0.15) is 0 Å². The zero-order valence-corrected chi connectivity index (χ0v) is 16.5. The van der Waals surface area contributed by atoms with Crippen LogP contribution in [0.3, 0.4) is 0 Å². The Hall–Kier alpha value is -1.60. The zero-order chi connectivity index (χ0) is 17.8. The molecule has 1 aromatic heterocycles. The summed E-state index contributed by atoms with van der Waals surface area (Å²) in [7, 11) is 0. The molecule has 4 nitrogen and oxygen atoms in total. The lowest BCUT2D eigenvalue weighted by atomic mass is 10.2. The van der Waals surface area contributed by atoms with E-state index in [1.807, 2.05) is 23.6 Å². The molecule has 0 atom stereocenters. The molecule has 1 heterocycles. The number of nitrogens with zero attached hydrogens (tertiary/aromatic N) is 1. The fourth-order valence-corrected chi connectivity index (χ4v) is 3.64. The van der Waals surface area contributed by atoms with Crippen molar-refractivity contribution in [1.29, 1.82) is 0 Å². The number of para-hydroxylation sites is 1. The van der Waals surface area contributed by atoms with Crippen molar-refractivity contribution in [2.45, 2.75) is 0 Å². The molecule has 8 heteroatoms. The van der Waals surface area contributed by atoms with Gasteiger partial charge in [-0.05, 0) is 46.3 Å². The molecule has 0 saturated carbocycles. The van der Waals surface area contributed by atoms with Gasteiger partial charge in [-0.25, -0.2) is 4.98 Å². The van der Waals surface area contributed by atoms with Crippen LogP contribution >= 0.6 is 50.5 Å². The molecule has 0 aliphatic rings. The smallest absolute Gasteiger partial charge is 0.264 e. The summed E-state index contributed by atoms with van der Waals surface area (Å²) in [6.07, 6.45) is 0. The van der Waals surface area contributed by atoms with Crippen LogP contribution in [0.15, 0.2) is 52.3 Å². The maximum Gasteiger partial charge on any atom is 0.264 e. The van der Waals surface area contributed by atoms with E-state index in [4.69, 9.17) is 27.9 Å². The summed E-state index contributed by atoms with van der Waals surface area (Å²) in [6.45, 7) is -0.112. The van der Waals surface area contributed by atoms with Crippen LogP contribution in [0.1, 0.15) is 0 Å². The molecule has 0 fully saturated rings. The van der Waals surface area contributed by atoms with Crippen molar-refractivity contribution in [3.05, 3.63) is 62.4 Å². The van der Waals surface area contributed by atoms with Gasteiger partial charge in [0.2, 0.25) is 0 Å². The Morgan fingerprint density at radius 1 is 1.24 bits per heavy atom. The van der Waals surface area contributed by atoms with E-state index >= 15 is 0 Å². The molecule has 25 heavy (non-hydrogen) atoms. The third kappa shape index (κ3) is 4.73. The first-order chi connectivity index (χ1) is 12.0. The van der Waals surface area contributed by atoms with Crippen molar-refractivity contribution >= 4 is 61.5 Å². The average molecular weight is 458 g/mol. The van der Waals surface area contributed by atoms with Crippen LogP contribution < -0.4 is 10.1 Å². The highest BCUT2D eigenvalue weighted by atomic mass is 79.9. The van der Waals surface area contributed by atoms with Gasteiger partial charge >= 0.3 is 0 Å². The number of benzene rings is 2. The van der Waals surface area contributed by atoms with Crippen LogP contribution in [0, 0.1) is 0 Å². The summed E-state index contributed by atoms with van der Waals surface area (Å²) in [4.78, 5) is 16.4. The zero-order valence-electron chi connectivity index (χ0n) is 12.6. The number of rotatable bonds is 5. The standard InChI is InChI=1S/C17H11BrCl2N2O2S/c18-12-3-1-2-4-15(12)24-8-16(23)22-17-21-14(9-25-17)11-6-5-10(19)7-13(11)20/h1-7,9H,8H2,(H,21,22,23). The summed E-state index contributed by atoms with van der Waals surface area (Å²) in [6, 6.07) is 12.5. The van der Waals surface area contributed by atoms with Crippen LogP contribution in [0.25, 0.3) is 11.3 Å². The second kappa shape index (κ2) is 8.19. The number of hydrogen-bond acceptors (Lipinski definition) is 4. The van der Waals surface area contributed by atoms with E-state index in [2.05, 4.69) is 26.2 Å². The molecule has 0 radical (unpaired) electrons. The topological polar surface area (TPSA) is 51.2 Å². The molecule has 128 valence electrons. The first kappa shape index (κ1) is 18.2. The number of carbonyl (C=O) groups excluding carboxylic acids is 1. The summed E-state index contributed by atoms with van der Waals surface area (Å²) < 4.78 is 6.27. The molecule has 0 saturated heterocycles. The Kier molecular flexibility index (Phi) is 5.96. The van der Waals surface area contributed by atoms with Crippen molar-refractivity contribution in [2.75, 3.05) is 11.9 Å². The van der Waals surface area contributed by atoms with Crippen molar-refractivity contribution in [3.8, 4) is 17.0 Å². The van der Waals surface area contributed by atoms with Crippen LogP contribution in [-0.4, -0.2) is 17.5 Å². The maximum absolute atomic E-state index is 12.0. The van der Waals surface area contributed by atoms with Crippen LogP contribution in [-0.2, 0) is 4.79 Å². The van der Waals surface area contributed by atoms with E-state index in [0.29, 0.717) is 26.6 Å². The molecular formula is C17H11BrCl2N2O2S. The van der Waals surface area contributed by atoms with E-state index < -0.39 is 0 Å². The average Bonchev–Trinajstić information content (AvgIpc) is 3.02. The molecule has 1 N–H and O–H groups in total. The molecular weight excluding hydrogens is 447 g/mol. The summed E-state index contributed by atoms with van der Waals surface area (Å²) in [5, 5.41) is 6.07. The number of hydrogen-bond donors (Lipinski definition) is 1.